The number of methoxy groups -OCH3 is 1. The maximum absolute atomic E-state index is 12.9. The molecule has 0 bridgehead atoms. The second-order valence-electron chi connectivity index (χ2n) is 6.42. The van der Waals surface area contributed by atoms with Crippen molar-refractivity contribution in [3.05, 3.63) is 42.5 Å². The monoisotopic (exact) mass is 420 g/mol. The van der Waals surface area contributed by atoms with Crippen LogP contribution < -0.4 is 19.5 Å². The zero-order valence-electron chi connectivity index (χ0n) is 16.3. The van der Waals surface area contributed by atoms with E-state index in [9.17, 15) is 13.2 Å². The Morgan fingerprint density at radius 1 is 1.17 bits per heavy atom. The third-order valence-electron chi connectivity index (χ3n) is 4.36. The van der Waals surface area contributed by atoms with E-state index in [0.717, 1.165) is 6.42 Å². The molecule has 29 heavy (non-hydrogen) atoms. The van der Waals surface area contributed by atoms with Gasteiger partial charge in [0.05, 0.1) is 13.7 Å². The molecule has 8 nitrogen and oxygen atoms in total. The van der Waals surface area contributed by atoms with Gasteiger partial charge in [0, 0.05) is 18.0 Å². The summed E-state index contributed by atoms with van der Waals surface area (Å²) in [4.78, 5) is 12.2. The van der Waals surface area contributed by atoms with E-state index in [1.807, 2.05) is 6.92 Å². The molecule has 0 radical (unpaired) electrons. The van der Waals surface area contributed by atoms with Crippen molar-refractivity contribution in [2.24, 2.45) is 0 Å². The molecule has 2 aromatic carbocycles. The predicted molar refractivity (Wildman–Crippen MR) is 109 cm³/mol. The molecule has 9 heteroatoms. The lowest BCUT2D eigenvalue weighted by Gasteiger charge is -2.15. The smallest absolute Gasteiger partial charge is 0.265 e. The normalized spacial score (nSPS) is 16.3. The van der Waals surface area contributed by atoms with Gasteiger partial charge in [-0.2, -0.15) is 0 Å². The topological polar surface area (TPSA) is 103 Å². The summed E-state index contributed by atoms with van der Waals surface area (Å²) >= 11 is 0. The fourth-order valence-corrected chi connectivity index (χ4v) is 4.22. The average Bonchev–Trinajstić information content (AvgIpc) is 3.24. The fraction of sp³-hybridized carbons (Fsp3) is 0.350. The zero-order chi connectivity index (χ0) is 20.9. The van der Waals surface area contributed by atoms with Crippen molar-refractivity contribution in [1.82, 2.24) is 0 Å². The van der Waals surface area contributed by atoms with E-state index in [1.165, 1.54) is 19.2 Å². The molecular formula is C20H24N2O6S. The molecule has 0 aliphatic carbocycles. The lowest BCUT2D eigenvalue weighted by molar-refractivity contribution is -0.124. The van der Waals surface area contributed by atoms with E-state index in [1.54, 1.807) is 30.3 Å². The van der Waals surface area contributed by atoms with E-state index in [2.05, 4.69) is 10.0 Å². The number of carbonyl (C=O) groups excluding carboxylic acids is 1. The molecule has 0 spiro atoms. The van der Waals surface area contributed by atoms with E-state index < -0.39 is 16.1 Å². The van der Waals surface area contributed by atoms with Crippen LogP contribution in [0.25, 0.3) is 0 Å². The molecule has 0 saturated carbocycles. The number of carbonyl (C=O) groups is 1. The molecule has 0 aromatic heterocycles. The van der Waals surface area contributed by atoms with Gasteiger partial charge in [0.2, 0.25) is 0 Å². The summed E-state index contributed by atoms with van der Waals surface area (Å²) in [6.07, 6.45) is 0.956. The first-order chi connectivity index (χ1) is 13.9. The Morgan fingerprint density at radius 3 is 2.52 bits per heavy atom. The van der Waals surface area contributed by atoms with Crippen LogP contribution in [0, 0.1) is 0 Å². The number of hydrogen-bond donors (Lipinski definition) is 2. The van der Waals surface area contributed by atoms with Crippen molar-refractivity contribution in [1.29, 1.82) is 0 Å². The Labute approximate surface area is 170 Å². The SMILES string of the molecule is CCOc1ccc(NS(=O)(=O)c2cc(NC(=O)C3CCCO3)ccc2OC)cc1. The van der Waals surface area contributed by atoms with Gasteiger partial charge in [-0.05, 0) is 62.2 Å². The average molecular weight is 420 g/mol. The highest BCUT2D eigenvalue weighted by Gasteiger charge is 2.25. The summed E-state index contributed by atoms with van der Waals surface area (Å²) in [6, 6.07) is 11.0. The van der Waals surface area contributed by atoms with Gasteiger partial charge in [-0.25, -0.2) is 8.42 Å². The molecule has 1 aliphatic rings. The molecule has 1 unspecified atom stereocenters. The van der Waals surface area contributed by atoms with Gasteiger partial charge in [-0.1, -0.05) is 0 Å². The van der Waals surface area contributed by atoms with Crippen LogP contribution >= 0.6 is 0 Å². The van der Waals surface area contributed by atoms with Crippen molar-refractivity contribution < 1.29 is 27.4 Å². The van der Waals surface area contributed by atoms with Crippen LogP contribution in [0.15, 0.2) is 47.4 Å². The molecule has 1 fully saturated rings. The number of amides is 1. The minimum absolute atomic E-state index is 0.0842. The van der Waals surface area contributed by atoms with Crippen molar-refractivity contribution >= 4 is 27.3 Å². The Balaban J connectivity index is 1.81. The molecule has 2 aromatic rings. The Kier molecular flexibility index (Phi) is 6.60. The van der Waals surface area contributed by atoms with Gasteiger partial charge < -0.3 is 19.5 Å². The van der Waals surface area contributed by atoms with E-state index in [4.69, 9.17) is 14.2 Å². The predicted octanol–water partition coefficient (Wildman–Crippen LogP) is 3.01. The molecule has 1 atom stereocenters. The first kappa shape index (κ1) is 20.9. The number of sulfonamides is 1. The first-order valence-electron chi connectivity index (χ1n) is 9.29. The van der Waals surface area contributed by atoms with Gasteiger partial charge in [-0.3, -0.25) is 9.52 Å². The lowest BCUT2D eigenvalue weighted by Crippen LogP contribution is -2.27. The maximum Gasteiger partial charge on any atom is 0.265 e. The van der Waals surface area contributed by atoms with Crippen molar-refractivity contribution in [3.63, 3.8) is 0 Å². The fourth-order valence-electron chi connectivity index (χ4n) is 2.97. The molecule has 2 N–H and O–H groups in total. The van der Waals surface area contributed by atoms with Gasteiger partial charge in [-0.15, -0.1) is 0 Å². The summed E-state index contributed by atoms with van der Waals surface area (Å²) in [5.74, 6) is 0.515. The summed E-state index contributed by atoms with van der Waals surface area (Å²) in [5, 5.41) is 2.70. The molecule has 156 valence electrons. The Morgan fingerprint density at radius 2 is 1.90 bits per heavy atom. The van der Waals surface area contributed by atoms with Crippen LogP contribution in [0.2, 0.25) is 0 Å². The van der Waals surface area contributed by atoms with Gasteiger partial charge >= 0.3 is 0 Å². The highest BCUT2D eigenvalue weighted by molar-refractivity contribution is 7.92. The number of anilines is 2. The second kappa shape index (κ2) is 9.15. The van der Waals surface area contributed by atoms with Crippen molar-refractivity contribution in [2.45, 2.75) is 30.8 Å². The minimum atomic E-state index is -3.96. The molecule has 1 heterocycles. The molecule has 1 amide bonds. The summed E-state index contributed by atoms with van der Waals surface area (Å²) in [5.41, 5.74) is 0.725. The lowest BCUT2D eigenvalue weighted by atomic mass is 10.2. The standard InChI is InChI=1S/C20H24N2O6S/c1-3-27-16-9-6-14(7-10-16)22-29(24,25)19-13-15(8-11-17(19)26-2)21-20(23)18-5-4-12-28-18/h6-11,13,18,22H,3-5,12H2,1-2H3,(H,21,23). The van der Waals surface area contributed by atoms with Crippen LogP contribution in [0.5, 0.6) is 11.5 Å². The van der Waals surface area contributed by atoms with Crippen LogP contribution in [0.3, 0.4) is 0 Å². The Hall–Kier alpha value is -2.78. The second-order valence-corrected chi connectivity index (χ2v) is 8.07. The molecular weight excluding hydrogens is 396 g/mol. The van der Waals surface area contributed by atoms with Gasteiger partial charge in [0.1, 0.15) is 22.5 Å². The van der Waals surface area contributed by atoms with Crippen LogP contribution in [0.1, 0.15) is 19.8 Å². The highest BCUT2D eigenvalue weighted by atomic mass is 32.2. The minimum Gasteiger partial charge on any atom is -0.495 e. The molecule has 1 saturated heterocycles. The molecule has 1 aliphatic heterocycles. The van der Waals surface area contributed by atoms with E-state index in [0.29, 0.717) is 36.8 Å². The van der Waals surface area contributed by atoms with Crippen LogP contribution in [-0.2, 0) is 19.6 Å². The van der Waals surface area contributed by atoms with E-state index >= 15 is 0 Å². The molecule has 3 rings (SSSR count). The number of nitrogens with one attached hydrogen (secondary N) is 2. The highest BCUT2D eigenvalue weighted by Crippen LogP contribution is 2.29. The van der Waals surface area contributed by atoms with Gasteiger partial charge in [0.25, 0.3) is 15.9 Å². The number of ether oxygens (including phenoxy) is 3. The first-order valence-corrected chi connectivity index (χ1v) is 10.8. The number of hydrogen-bond acceptors (Lipinski definition) is 6. The Bertz CT molecular complexity index is 953. The zero-order valence-corrected chi connectivity index (χ0v) is 17.1. The third kappa shape index (κ3) is 5.18. The van der Waals surface area contributed by atoms with Crippen LogP contribution in [-0.4, -0.2) is 40.8 Å². The summed E-state index contributed by atoms with van der Waals surface area (Å²) in [6.45, 7) is 2.94. The van der Waals surface area contributed by atoms with Crippen molar-refractivity contribution in [3.8, 4) is 11.5 Å². The summed E-state index contributed by atoms with van der Waals surface area (Å²) in [7, 11) is -2.57. The quantitative estimate of drug-likeness (QED) is 0.681. The number of benzene rings is 2. The summed E-state index contributed by atoms with van der Waals surface area (Å²) < 4.78 is 44.3. The van der Waals surface area contributed by atoms with Gasteiger partial charge in [0.15, 0.2) is 0 Å². The van der Waals surface area contributed by atoms with Crippen molar-refractivity contribution in [2.75, 3.05) is 30.4 Å². The van der Waals surface area contributed by atoms with E-state index in [-0.39, 0.29) is 16.6 Å². The largest absolute Gasteiger partial charge is 0.495 e. The number of rotatable bonds is 8. The third-order valence-corrected chi connectivity index (χ3v) is 5.76. The van der Waals surface area contributed by atoms with Crippen LogP contribution in [0.4, 0.5) is 11.4 Å². The maximum atomic E-state index is 12.9.